The van der Waals surface area contributed by atoms with E-state index in [-0.39, 0.29) is 17.4 Å². The molecule has 0 unspecified atom stereocenters. The van der Waals surface area contributed by atoms with Crippen LogP contribution in [0.2, 0.25) is 0 Å². The SMILES string of the molecule is COc1ccc(CN2CCN(C(=O)/C=C/c3ccc(O)cc3O)CC2)cc1. The van der Waals surface area contributed by atoms with Gasteiger partial charge in [-0.25, -0.2) is 0 Å². The summed E-state index contributed by atoms with van der Waals surface area (Å²) in [5, 5.41) is 19.1. The third-order valence-corrected chi connectivity index (χ3v) is 4.67. The highest BCUT2D eigenvalue weighted by atomic mass is 16.5. The number of phenolic OH excluding ortho intramolecular Hbond substituents is 2. The maximum atomic E-state index is 12.4. The largest absolute Gasteiger partial charge is 0.508 e. The third kappa shape index (κ3) is 5.01. The Bertz CT molecular complexity index is 809. The number of aromatic hydroxyl groups is 2. The first-order valence-corrected chi connectivity index (χ1v) is 8.89. The molecule has 6 heteroatoms. The van der Waals surface area contributed by atoms with E-state index in [1.54, 1.807) is 24.2 Å². The Labute approximate surface area is 158 Å². The van der Waals surface area contributed by atoms with Gasteiger partial charge in [-0.3, -0.25) is 9.69 Å². The number of phenols is 2. The van der Waals surface area contributed by atoms with Gasteiger partial charge in [0.05, 0.1) is 7.11 Å². The minimum Gasteiger partial charge on any atom is -0.508 e. The van der Waals surface area contributed by atoms with Gasteiger partial charge >= 0.3 is 0 Å². The molecule has 1 heterocycles. The Morgan fingerprint density at radius 2 is 1.78 bits per heavy atom. The van der Waals surface area contributed by atoms with Crippen molar-refractivity contribution in [2.45, 2.75) is 6.54 Å². The molecule has 3 rings (SSSR count). The predicted octanol–water partition coefficient (Wildman–Crippen LogP) is 2.46. The van der Waals surface area contributed by atoms with Crippen molar-refractivity contribution >= 4 is 12.0 Å². The maximum absolute atomic E-state index is 12.4. The van der Waals surface area contributed by atoms with E-state index in [9.17, 15) is 15.0 Å². The molecule has 0 aromatic heterocycles. The van der Waals surface area contributed by atoms with Gasteiger partial charge in [0.1, 0.15) is 17.2 Å². The van der Waals surface area contributed by atoms with Crippen molar-refractivity contribution in [3.63, 3.8) is 0 Å². The number of nitrogens with zero attached hydrogens (tertiary/aromatic N) is 2. The van der Waals surface area contributed by atoms with Gasteiger partial charge < -0.3 is 19.8 Å². The monoisotopic (exact) mass is 368 g/mol. The third-order valence-electron chi connectivity index (χ3n) is 4.67. The number of ether oxygens (including phenoxy) is 1. The van der Waals surface area contributed by atoms with Crippen molar-refractivity contribution < 1.29 is 19.7 Å². The number of carbonyl (C=O) groups excluding carboxylic acids is 1. The lowest BCUT2D eigenvalue weighted by molar-refractivity contribution is -0.127. The van der Waals surface area contributed by atoms with Crippen LogP contribution in [0.25, 0.3) is 6.08 Å². The second kappa shape index (κ2) is 8.60. The van der Waals surface area contributed by atoms with Crippen molar-refractivity contribution in [2.24, 2.45) is 0 Å². The van der Waals surface area contributed by atoms with Crippen LogP contribution in [0.3, 0.4) is 0 Å². The molecule has 1 aliphatic rings. The first-order chi connectivity index (χ1) is 13.0. The Balaban J connectivity index is 1.50. The minimum absolute atomic E-state index is 0.0102. The molecular formula is C21H24N2O4. The van der Waals surface area contributed by atoms with Crippen LogP contribution in [0, 0.1) is 0 Å². The first-order valence-electron chi connectivity index (χ1n) is 8.89. The summed E-state index contributed by atoms with van der Waals surface area (Å²) in [6.45, 7) is 3.82. The van der Waals surface area contributed by atoms with Crippen molar-refractivity contribution in [3.05, 3.63) is 59.7 Å². The fraction of sp³-hybridized carbons (Fsp3) is 0.286. The molecule has 1 saturated heterocycles. The average molecular weight is 368 g/mol. The van der Waals surface area contributed by atoms with Gasteiger partial charge in [-0.05, 0) is 35.9 Å². The van der Waals surface area contributed by atoms with Crippen molar-refractivity contribution in [3.8, 4) is 17.2 Å². The molecule has 0 bridgehead atoms. The van der Waals surface area contributed by atoms with Crippen molar-refractivity contribution in [1.82, 2.24) is 9.80 Å². The molecular weight excluding hydrogens is 344 g/mol. The molecule has 2 aromatic rings. The van der Waals surface area contributed by atoms with Gasteiger partial charge in [0.25, 0.3) is 0 Å². The Morgan fingerprint density at radius 1 is 1.07 bits per heavy atom. The standard InChI is InChI=1S/C21H24N2O4/c1-27-19-7-2-16(3-8-19)15-22-10-12-23(13-11-22)21(26)9-5-17-4-6-18(24)14-20(17)25/h2-9,14,24-25H,10-13,15H2,1H3/b9-5+. The predicted molar refractivity (Wildman–Crippen MR) is 104 cm³/mol. The molecule has 142 valence electrons. The quantitative estimate of drug-likeness (QED) is 0.793. The van der Waals surface area contributed by atoms with Crippen LogP contribution in [0.5, 0.6) is 17.2 Å². The topological polar surface area (TPSA) is 73.2 Å². The van der Waals surface area contributed by atoms with Crippen LogP contribution < -0.4 is 4.74 Å². The highest BCUT2D eigenvalue weighted by molar-refractivity contribution is 5.92. The minimum atomic E-state index is -0.0772. The van der Waals surface area contributed by atoms with Crippen LogP contribution in [-0.4, -0.2) is 59.2 Å². The Hall–Kier alpha value is -2.99. The first kappa shape index (κ1) is 18.8. The number of benzene rings is 2. The lowest BCUT2D eigenvalue weighted by atomic mass is 10.1. The number of piperazine rings is 1. The zero-order valence-corrected chi connectivity index (χ0v) is 15.3. The van der Waals surface area contributed by atoms with Crippen LogP contribution in [-0.2, 0) is 11.3 Å². The van der Waals surface area contributed by atoms with Gasteiger partial charge in [0.15, 0.2) is 0 Å². The molecule has 0 aliphatic carbocycles. The normalized spacial score (nSPS) is 15.2. The zero-order chi connectivity index (χ0) is 19.2. The number of methoxy groups -OCH3 is 1. The summed E-state index contributed by atoms with van der Waals surface area (Å²) in [6.07, 6.45) is 3.03. The van der Waals surface area contributed by atoms with Gasteiger partial charge in [0.2, 0.25) is 5.91 Å². The number of carbonyl (C=O) groups is 1. The molecule has 1 aliphatic heterocycles. The van der Waals surface area contributed by atoms with E-state index in [0.717, 1.165) is 25.4 Å². The summed E-state index contributed by atoms with van der Waals surface area (Å²) in [6, 6.07) is 12.3. The Morgan fingerprint density at radius 3 is 2.41 bits per heavy atom. The average Bonchev–Trinajstić information content (AvgIpc) is 2.68. The summed E-state index contributed by atoms with van der Waals surface area (Å²) < 4.78 is 5.18. The molecule has 0 atom stereocenters. The molecule has 27 heavy (non-hydrogen) atoms. The number of amides is 1. The lowest BCUT2D eigenvalue weighted by Crippen LogP contribution is -2.47. The molecule has 6 nitrogen and oxygen atoms in total. The summed E-state index contributed by atoms with van der Waals surface area (Å²) in [5.41, 5.74) is 1.72. The van der Waals surface area contributed by atoms with Crippen LogP contribution in [0.15, 0.2) is 48.5 Å². The molecule has 1 fully saturated rings. The van der Waals surface area contributed by atoms with E-state index in [0.29, 0.717) is 18.7 Å². The summed E-state index contributed by atoms with van der Waals surface area (Å²) in [7, 11) is 1.66. The highest BCUT2D eigenvalue weighted by Crippen LogP contribution is 2.23. The second-order valence-corrected chi connectivity index (χ2v) is 6.53. The van der Waals surface area contributed by atoms with E-state index in [4.69, 9.17) is 4.74 Å². The van der Waals surface area contributed by atoms with Crippen LogP contribution >= 0.6 is 0 Å². The molecule has 0 saturated carbocycles. The summed E-state index contributed by atoms with van der Waals surface area (Å²) in [5.74, 6) is 0.708. The molecule has 2 aromatic carbocycles. The zero-order valence-electron chi connectivity index (χ0n) is 15.3. The van der Waals surface area contributed by atoms with Crippen molar-refractivity contribution in [1.29, 1.82) is 0 Å². The smallest absolute Gasteiger partial charge is 0.246 e. The number of hydrogen-bond donors (Lipinski definition) is 2. The van der Waals surface area contributed by atoms with E-state index in [1.165, 1.54) is 23.8 Å². The molecule has 0 radical (unpaired) electrons. The van der Waals surface area contributed by atoms with E-state index < -0.39 is 0 Å². The van der Waals surface area contributed by atoms with Gasteiger partial charge in [0, 0.05) is 50.4 Å². The van der Waals surface area contributed by atoms with Crippen LogP contribution in [0.4, 0.5) is 0 Å². The van der Waals surface area contributed by atoms with E-state index in [1.807, 2.05) is 12.1 Å². The van der Waals surface area contributed by atoms with E-state index in [2.05, 4.69) is 17.0 Å². The fourth-order valence-electron chi connectivity index (χ4n) is 3.05. The molecule has 2 N–H and O–H groups in total. The number of hydrogen-bond acceptors (Lipinski definition) is 5. The highest BCUT2D eigenvalue weighted by Gasteiger charge is 2.19. The summed E-state index contributed by atoms with van der Waals surface area (Å²) >= 11 is 0. The lowest BCUT2D eigenvalue weighted by Gasteiger charge is -2.34. The summed E-state index contributed by atoms with van der Waals surface area (Å²) in [4.78, 5) is 16.5. The molecule has 1 amide bonds. The number of rotatable bonds is 5. The molecule has 0 spiro atoms. The van der Waals surface area contributed by atoms with Gasteiger partial charge in [-0.2, -0.15) is 0 Å². The fourth-order valence-corrected chi connectivity index (χ4v) is 3.05. The second-order valence-electron chi connectivity index (χ2n) is 6.53. The van der Waals surface area contributed by atoms with Crippen LogP contribution in [0.1, 0.15) is 11.1 Å². The van der Waals surface area contributed by atoms with Gasteiger partial charge in [-0.15, -0.1) is 0 Å². The Kier molecular flexibility index (Phi) is 5.98. The van der Waals surface area contributed by atoms with Gasteiger partial charge in [-0.1, -0.05) is 12.1 Å². The van der Waals surface area contributed by atoms with E-state index >= 15 is 0 Å². The van der Waals surface area contributed by atoms with Crippen molar-refractivity contribution in [2.75, 3.05) is 33.3 Å². The maximum Gasteiger partial charge on any atom is 0.246 e.